The maximum atomic E-state index is 10.5. The number of anilines is 1. The summed E-state index contributed by atoms with van der Waals surface area (Å²) in [6, 6.07) is 6.77. The van der Waals surface area contributed by atoms with Gasteiger partial charge in [0.2, 0.25) is 0 Å². The number of aliphatic hydroxyl groups excluding tert-OH is 4. The van der Waals surface area contributed by atoms with E-state index in [1.165, 1.54) is 22.7 Å². The van der Waals surface area contributed by atoms with Crippen molar-refractivity contribution in [1.29, 1.82) is 0 Å². The average Bonchev–Trinajstić information content (AvgIpc) is 3.29. The zero-order valence-electron chi connectivity index (χ0n) is 16.7. The molecule has 0 amide bonds. The minimum atomic E-state index is -1.33. The number of nitrogens with zero attached hydrogens (tertiary/aromatic N) is 4. The highest BCUT2D eigenvalue weighted by molar-refractivity contribution is 7.99. The van der Waals surface area contributed by atoms with Crippen LogP contribution in [0.15, 0.2) is 35.7 Å². The fourth-order valence-electron chi connectivity index (χ4n) is 3.27. The molecule has 1 fully saturated rings. The van der Waals surface area contributed by atoms with Crippen molar-refractivity contribution in [3.8, 4) is 5.75 Å². The van der Waals surface area contributed by atoms with Gasteiger partial charge >= 0.3 is 0 Å². The maximum absolute atomic E-state index is 10.5. The summed E-state index contributed by atoms with van der Waals surface area (Å²) in [5.41, 5.74) is 6.51. The molecule has 1 saturated heterocycles. The van der Waals surface area contributed by atoms with Gasteiger partial charge in [-0.2, -0.15) is 0 Å². The van der Waals surface area contributed by atoms with Gasteiger partial charge in [0.15, 0.2) is 28.4 Å². The molecule has 2 aromatic heterocycles. The minimum Gasteiger partial charge on any atom is -0.491 e. The molecule has 13 heteroatoms. The minimum absolute atomic E-state index is 0.0324. The van der Waals surface area contributed by atoms with Gasteiger partial charge in [-0.1, -0.05) is 23.4 Å². The summed E-state index contributed by atoms with van der Waals surface area (Å²) in [6.07, 6.45) is -4.26. The van der Waals surface area contributed by atoms with E-state index in [0.717, 1.165) is 0 Å². The molecule has 0 spiro atoms. The van der Waals surface area contributed by atoms with Crippen molar-refractivity contribution >= 4 is 40.3 Å². The number of halogens is 1. The molecule has 4 rings (SSSR count). The molecule has 1 aliphatic rings. The van der Waals surface area contributed by atoms with Crippen LogP contribution in [0.25, 0.3) is 11.2 Å². The molecule has 172 valence electrons. The maximum Gasteiger partial charge on any atom is 0.172 e. The van der Waals surface area contributed by atoms with E-state index in [1.54, 1.807) is 24.3 Å². The first-order chi connectivity index (χ1) is 15.4. The number of thioether (sulfide) groups is 1. The van der Waals surface area contributed by atoms with E-state index >= 15 is 0 Å². The molecule has 1 aliphatic heterocycles. The third kappa shape index (κ3) is 4.62. The van der Waals surface area contributed by atoms with Crippen molar-refractivity contribution in [3.63, 3.8) is 0 Å². The molecule has 6 N–H and O–H groups in total. The lowest BCUT2D eigenvalue weighted by Gasteiger charge is -2.19. The van der Waals surface area contributed by atoms with Crippen LogP contribution in [0.3, 0.4) is 0 Å². The second-order valence-corrected chi connectivity index (χ2v) is 8.58. The summed E-state index contributed by atoms with van der Waals surface area (Å²) in [5, 5.41) is 41.4. The Labute approximate surface area is 191 Å². The number of ether oxygens (including phenoxy) is 2. The fraction of sp³-hybridized carbons (Fsp3) is 0.421. The van der Waals surface area contributed by atoms with Crippen molar-refractivity contribution < 1.29 is 29.9 Å². The van der Waals surface area contributed by atoms with E-state index in [0.29, 0.717) is 27.1 Å². The first kappa shape index (κ1) is 23.0. The Bertz CT molecular complexity index is 1070. The van der Waals surface area contributed by atoms with Crippen LogP contribution in [0.2, 0.25) is 5.02 Å². The molecule has 0 saturated carbocycles. The largest absolute Gasteiger partial charge is 0.491 e. The highest BCUT2D eigenvalue weighted by atomic mass is 35.5. The van der Waals surface area contributed by atoms with Crippen molar-refractivity contribution in [2.24, 2.45) is 0 Å². The number of aromatic nitrogens is 4. The fourth-order valence-corrected chi connectivity index (χ4v) is 4.32. The average molecular weight is 484 g/mol. The van der Waals surface area contributed by atoms with Crippen LogP contribution in [-0.2, 0) is 4.74 Å². The summed E-state index contributed by atoms with van der Waals surface area (Å²) in [4.78, 5) is 12.6. The molecule has 3 aromatic rings. The second-order valence-electron chi connectivity index (χ2n) is 7.15. The summed E-state index contributed by atoms with van der Waals surface area (Å²) in [5.74, 6) is 0.896. The Morgan fingerprint density at radius 3 is 2.66 bits per heavy atom. The molecular weight excluding hydrogens is 462 g/mol. The molecule has 0 bridgehead atoms. The SMILES string of the molecule is Nc1ncnc2c1nc(SC[C@@H](O)COc1ccc(Cl)cc1)n2[C@@H]1O[C@H](CO)[C@@H](O)[C@H]1O. The van der Waals surface area contributed by atoms with Gasteiger partial charge in [-0.05, 0) is 24.3 Å². The topological polar surface area (TPSA) is 169 Å². The van der Waals surface area contributed by atoms with Crippen LogP contribution in [0.4, 0.5) is 5.82 Å². The van der Waals surface area contributed by atoms with Gasteiger partial charge in [0.25, 0.3) is 0 Å². The van der Waals surface area contributed by atoms with Gasteiger partial charge in [0.1, 0.15) is 37.0 Å². The van der Waals surface area contributed by atoms with Gasteiger partial charge in [0, 0.05) is 10.8 Å². The number of hydrogen-bond donors (Lipinski definition) is 5. The lowest BCUT2D eigenvalue weighted by molar-refractivity contribution is -0.0548. The van der Waals surface area contributed by atoms with Crippen LogP contribution in [0.5, 0.6) is 5.75 Å². The molecule has 0 aliphatic carbocycles. The Morgan fingerprint density at radius 2 is 1.97 bits per heavy atom. The van der Waals surface area contributed by atoms with Crippen LogP contribution < -0.4 is 10.5 Å². The molecule has 32 heavy (non-hydrogen) atoms. The van der Waals surface area contributed by atoms with Gasteiger partial charge in [-0.15, -0.1) is 0 Å². The van der Waals surface area contributed by atoms with E-state index in [9.17, 15) is 20.4 Å². The standard InChI is InChI=1S/C19H22ClN5O6S/c20-9-1-3-11(4-2-9)30-6-10(27)7-32-19-24-13-16(21)22-8-23-17(13)25(19)18-15(29)14(28)12(5-26)31-18/h1-4,8,10,12,14-15,18,26-29H,5-7H2,(H2,21,22,23)/t10-,12+,14+,15+,18+/m0/s1. The zero-order chi connectivity index (χ0) is 22.8. The van der Waals surface area contributed by atoms with E-state index < -0.39 is 37.3 Å². The number of nitrogens with two attached hydrogens (primary N) is 1. The van der Waals surface area contributed by atoms with Crippen molar-refractivity contribution in [1.82, 2.24) is 19.5 Å². The lowest BCUT2D eigenvalue weighted by Crippen LogP contribution is -2.33. The molecule has 5 atom stereocenters. The molecule has 0 unspecified atom stereocenters. The third-order valence-corrected chi connectivity index (χ3v) is 6.26. The summed E-state index contributed by atoms with van der Waals surface area (Å²) >= 11 is 7.02. The summed E-state index contributed by atoms with van der Waals surface area (Å²) < 4.78 is 12.7. The van der Waals surface area contributed by atoms with Gasteiger partial charge in [-0.3, -0.25) is 4.57 Å². The van der Waals surface area contributed by atoms with E-state index in [1.807, 2.05) is 0 Å². The number of rotatable bonds is 8. The smallest absolute Gasteiger partial charge is 0.172 e. The first-order valence-corrected chi connectivity index (χ1v) is 11.1. The highest BCUT2D eigenvalue weighted by Gasteiger charge is 2.45. The Kier molecular flexibility index (Phi) is 7.00. The molecule has 11 nitrogen and oxygen atoms in total. The predicted octanol–water partition coefficient (Wildman–Crippen LogP) is 0.205. The number of hydrogen-bond acceptors (Lipinski definition) is 11. The van der Waals surface area contributed by atoms with E-state index in [-0.39, 0.29) is 18.2 Å². The van der Waals surface area contributed by atoms with Crippen LogP contribution in [0.1, 0.15) is 6.23 Å². The van der Waals surface area contributed by atoms with Crippen LogP contribution in [0, 0.1) is 0 Å². The quantitative estimate of drug-likeness (QED) is 0.277. The van der Waals surface area contributed by atoms with Crippen molar-refractivity contribution in [3.05, 3.63) is 35.6 Å². The molecular formula is C19H22ClN5O6S. The Morgan fingerprint density at radius 1 is 1.22 bits per heavy atom. The van der Waals surface area contributed by atoms with Gasteiger partial charge < -0.3 is 35.6 Å². The Balaban J connectivity index is 1.52. The molecule has 3 heterocycles. The lowest BCUT2D eigenvalue weighted by atomic mass is 10.1. The highest BCUT2D eigenvalue weighted by Crippen LogP contribution is 2.36. The Hall–Kier alpha value is -2.19. The monoisotopic (exact) mass is 483 g/mol. The van der Waals surface area contributed by atoms with Gasteiger partial charge in [0.05, 0.1) is 12.7 Å². The van der Waals surface area contributed by atoms with Crippen LogP contribution in [-0.4, -0.2) is 83.3 Å². The number of benzene rings is 1. The number of nitrogen functional groups attached to an aromatic ring is 1. The normalized spacial score (nSPS) is 24.2. The summed E-state index contributed by atoms with van der Waals surface area (Å²) in [6.45, 7) is -0.438. The van der Waals surface area contributed by atoms with Crippen molar-refractivity contribution in [2.75, 3.05) is 24.7 Å². The van der Waals surface area contributed by atoms with Crippen LogP contribution >= 0.6 is 23.4 Å². The predicted molar refractivity (Wildman–Crippen MR) is 116 cm³/mol. The van der Waals surface area contributed by atoms with Gasteiger partial charge in [-0.25, -0.2) is 15.0 Å². The number of imidazole rings is 1. The van der Waals surface area contributed by atoms with E-state index in [4.69, 9.17) is 26.8 Å². The zero-order valence-corrected chi connectivity index (χ0v) is 18.2. The molecule has 1 aromatic carbocycles. The second kappa shape index (κ2) is 9.75. The summed E-state index contributed by atoms with van der Waals surface area (Å²) in [7, 11) is 0. The number of aliphatic hydroxyl groups is 4. The first-order valence-electron chi connectivity index (χ1n) is 9.69. The van der Waals surface area contributed by atoms with Crippen molar-refractivity contribution in [2.45, 2.75) is 35.8 Å². The van der Waals surface area contributed by atoms with E-state index in [2.05, 4.69) is 15.0 Å². The molecule has 0 radical (unpaired) electrons. The third-order valence-electron chi connectivity index (χ3n) is 4.91. The number of fused-ring (bicyclic) bond motifs is 1.